The zero-order chi connectivity index (χ0) is 20.3. The Morgan fingerprint density at radius 2 is 1.68 bits per heavy atom. The van der Waals surface area contributed by atoms with Crippen molar-refractivity contribution < 1.29 is 13.3 Å². The first kappa shape index (κ1) is 20.8. The molecule has 0 amide bonds. The molecule has 0 unspecified atom stereocenters. The molecule has 1 aliphatic heterocycles. The van der Waals surface area contributed by atoms with Gasteiger partial charge in [-0.2, -0.15) is 0 Å². The summed E-state index contributed by atoms with van der Waals surface area (Å²) in [6, 6.07) is 14.1. The van der Waals surface area contributed by atoms with Crippen LogP contribution in [0.3, 0.4) is 0 Å². The fraction of sp³-hybridized carbons (Fsp3) is 0.455. The van der Waals surface area contributed by atoms with Gasteiger partial charge in [-0.3, -0.25) is 0 Å². The summed E-state index contributed by atoms with van der Waals surface area (Å²) in [6.07, 6.45) is 2.40. The first-order valence-corrected chi connectivity index (χ1v) is 11.4. The highest BCUT2D eigenvalue weighted by molar-refractivity contribution is 7.89. The lowest BCUT2D eigenvalue weighted by atomic mass is 10.1. The average molecular weight is 403 g/mol. The van der Waals surface area contributed by atoms with Crippen molar-refractivity contribution in [1.82, 2.24) is 4.72 Å². The van der Waals surface area contributed by atoms with Crippen LogP contribution in [0.5, 0.6) is 0 Å². The first-order valence-electron chi connectivity index (χ1n) is 9.97. The van der Waals surface area contributed by atoms with E-state index < -0.39 is 10.0 Å². The Labute approximate surface area is 169 Å². The second-order valence-electron chi connectivity index (χ2n) is 8.02. The van der Waals surface area contributed by atoms with E-state index in [1.807, 2.05) is 40.1 Å². The molecule has 6 heteroatoms. The fourth-order valence-corrected chi connectivity index (χ4v) is 5.32. The average Bonchev–Trinajstić information content (AvgIpc) is 3.16. The fourth-order valence-electron chi connectivity index (χ4n) is 4.05. The number of hydrogen-bond acceptors (Lipinski definition) is 3. The van der Waals surface area contributed by atoms with Crippen LogP contribution in [0.15, 0.2) is 47.4 Å². The number of nitrogens with zero attached hydrogens (tertiary/aromatic N) is 1. The van der Waals surface area contributed by atoms with Crippen LogP contribution in [0.2, 0.25) is 0 Å². The van der Waals surface area contributed by atoms with Gasteiger partial charge in [-0.25, -0.2) is 13.1 Å². The maximum absolute atomic E-state index is 12.9. The van der Waals surface area contributed by atoms with Crippen LogP contribution >= 0.6 is 0 Å². The maximum atomic E-state index is 12.9. The molecule has 0 aliphatic carbocycles. The molecular weight excluding hydrogens is 370 g/mol. The molecule has 0 bridgehead atoms. The molecular formula is C22H32N3O2S+. The van der Waals surface area contributed by atoms with Crippen LogP contribution < -0.4 is 14.5 Å². The number of aryl methyl sites for hydroxylation is 2. The van der Waals surface area contributed by atoms with E-state index >= 15 is 0 Å². The van der Waals surface area contributed by atoms with Crippen molar-refractivity contribution in [2.45, 2.75) is 37.6 Å². The van der Waals surface area contributed by atoms with Gasteiger partial charge in [0.25, 0.3) is 0 Å². The van der Waals surface area contributed by atoms with E-state index in [1.54, 1.807) is 6.07 Å². The molecule has 0 spiro atoms. The molecule has 2 aromatic carbocycles. The summed E-state index contributed by atoms with van der Waals surface area (Å²) in [4.78, 5) is 3.90. The second-order valence-corrected chi connectivity index (χ2v) is 9.76. The monoisotopic (exact) mass is 402 g/mol. The number of quaternary nitrogens is 1. The standard InChI is InChI=1S/C22H31N3O2S/c1-17-7-12-22(18(2)15-17)28(26,27)23-16-21(25-13-5-6-14-25)19-8-10-20(11-9-19)24(3)4/h7-12,15,21,23H,5-6,13-14,16H2,1-4H3/p+1/t21-/m1/s1. The third-order valence-electron chi connectivity index (χ3n) is 5.65. The largest absolute Gasteiger partial charge is 0.378 e. The predicted octanol–water partition coefficient (Wildman–Crippen LogP) is 2.07. The quantitative estimate of drug-likeness (QED) is 0.746. The van der Waals surface area contributed by atoms with Crippen molar-refractivity contribution in [1.29, 1.82) is 0 Å². The van der Waals surface area contributed by atoms with E-state index in [2.05, 4.69) is 33.9 Å². The van der Waals surface area contributed by atoms with Gasteiger partial charge in [-0.1, -0.05) is 29.8 Å². The van der Waals surface area contributed by atoms with Crippen molar-refractivity contribution in [3.8, 4) is 0 Å². The SMILES string of the molecule is Cc1ccc(S(=O)(=O)NC[C@H](c2ccc(N(C)C)cc2)[NH+]2CCCC2)c(C)c1. The maximum Gasteiger partial charge on any atom is 0.241 e. The number of sulfonamides is 1. The Kier molecular flexibility index (Phi) is 6.43. The van der Waals surface area contributed by atoms with E-state index in [-0.39, 0.29) is 6.04 Å². The molecule has 1 heterocycles. The molecule has 0 saturated carbocycles. The van der Waals surface area contributed by atoms with Gasteiger partial charge in [0.1, 0.15) is 6.04 Å². The van der Waals surface area contributed by atoms with E-state index in [0.717, 1.165) is 29.9 Å². The van der Waals surface area contributed by atoms with Crippen LogP contribution in [0.4, 0.5) is 5.69 Å². The highest BCUT2D eigenvalue weighted by Crippen LogP contribution is 2.19. The Balaban J connectivity index is 1.81. The van der Waals surface area contributed by atoms with Gasteiger partial charge in [0.05, 0.1) is 24.5 Å². The number of nitrogens with one attached hydrogen (secondary N) is 2. The van der Waals surface area contributed by atoms with E-state index in [1.165, 1.54) is 23.3 Å². The highest BCUT2D eigenvalue weighted by atomic mass is 32.2. The number of rotatable bonds is 7. The topological polar surface area (TPSA) is 53.9 Å². The molecule has 0 radical (unpaired) electrons. The van der Waals surface area contributed by atoms with E-state index in [9.17, 15) is 8.42 Å². The molecule has 0 aromatic heterocycles. The van der Waals surface area contributed by atoms with Gasteiger partial charge < -0.3 is 9.80 Å². The molecule has 1 saturated heterocycles. The van der Waals surface area contributed by atoms with Crippen LogP contribution in [0.1, 0.15) is 35.6 Å². The van der Waals surface area contributed by atoms with Crippen molar-refractivity contribution in [2.24, 2.45) is 0 Å². The van der Waals surface area contributed by atoms with Crippen molar-refractivity contribution in [3.63, 3.8) is 0 Å². The van der Waals surface area contributed by atoms with Crippen molar-refractivity contribution >= 4 is 15.7 Å². The number of likely N-dealkylation sites (tertiary alicyclic amines) is 1. The summed E-state index contributed by atoms with van der Waals surface area (Å²) in [5, 5.41) is 0. The molecule has 1 fully saturated rings. The van der Waals surface area contributed by atoms with E-state index in [4.69, 9.17) is 0 Å². The minimum absolute atomic E-state index is 0.124. The zero-order valence-corrected chi connectivity index (χ0v) is 18.1. The molecule has 1 aliphatic rings. The lowest BCUT2D eigenvalue weighted by molar-refractivity contribution is -0.918. The molecule has 1 atom stereocenters. The Morgan fingerprint density at radius 1 is 1.04 bits per heavy atom. The molecule has 5 nitrogen and oxygen atoms in total. The lowest BCUT2D eigenvalue weighted by Crippen LogP contribution is -3.11. The van der Waals surface area contributed by atoms with Gasteiger partial charge in [0.2, 0.25) is 10.0 Å². The normalized spacial score (nSPS) is 16.3. The molecule has 2 aromatic rings. The molecule has 3 rings (SSSR count). The van der Waals surface area contributed by atoms with Crippen LogP contribution in [0.25, 0.3) is 0 Å². The van der Waals surface area contributed by atoms with Gasteiger partial charge >= 0.3 is 0 Å². The van der Waals surface area contributed by atoms with Gasteiger partial charge in [0.15, 0.2) is 0 Å². The Morgan fingerprint density at radius 3 is 2.25 bits per heavy atom. The zero-order valence-electron chi connectivity index (χ0n) is 17.3. The minimum Gasteiger partial charge on any atom is -0.378 e. The number of anilines is 1. The number of hydrogen-bond donors (Lipinski definition) is 2. The third kappa shape index (κ3) is 4.74. The minimum atomic E-state index is -3.53. The van der Waals surface area contributed by atoms with Crippen molar-refractivity contribution in [2.75, 3.05) is 38.6 Å². The Hall–Kier alpha value is -1.89. The van der Waals surface area contributed by atoms with Crippen molar-refractivity contribution in [3.05, 3.63) is 59.2 Å². The molecule has 2 N–H and O–H groups in total. The predicted molar refractivity (Wildman–Crippen MR) is 115 cm³/mol. The third-order valence-corrected chi connectivity index (χ3v) is 7.23. The van der Waals surface area contributed by atoms with Crippen LogP contribution in [-0.2, 0) is 10.0 Å². The summed E-state index contributed by atoms with van der Waals surface area (Å²) in [5.41, 5.74) is 4.19. The van der Waals surface area contributed by atoms with Gasteiger partial charge in [-0.05, 0) is 37.6 Å². The smallest absolute Gasteiger partial charge is 0.241 e. The summed E-state index contributed by atoms with van der Waals surface area (Å²) < 4.78 is 28.8. The molecule has 28 heavy (non-hydrogen) atoms. The summed E-state index contributed by atoms with van der Waals surface area (Å²) in [5.74, 6) is 0. The van der Waals surface area contributed by atoms with E-state index in [0.29, 0.717) is 11.4 Å². The lowest BCUT2D eigenvalue weighted by Gasteiger charge is -2.26. The van der Waals surface area contributed by atoms with Gasteiger partial charge in [0, 0.05) is 38.2 Å². The van der Waals surface area contributed by atoms with Gasteiger partial charge in [-0.15, -0.1) is 0 Å². The van der Waals surface area contributed by atoms with Crippen LogP contribution in [-0.4, -0.2) is 42.1 Å². The first-order chi connectivity index (χ1) is 13.3. The summed E-state index contributed by atoms with van der Waals surface area (Å²) in [6.45, 7) is 6.41. The highest BCUT2D eigenvalue weighted by Gasteiger charge is 2.29. The Bertz CT molecular complexity index is 902. The summed E-state index contributed by atoms with van der Waals surface area (Å²) in [7, 11) is 0.515. The van der Waals surface area contributed by atoms with Crippen LogP contribution in [0, 0.1) is 13.8 Å². The second kappa shape index (κ2) is 8.64. The molecule has 152 valence electrons. The summed E-state index contributed by atoms with van der Waals surface area (Å²) >= 11 is 0. The number of benzene rings is 2.